The van der Waals surface area contributed by atoms with Crippen molar-refractivity contribution < 1.29 is 26.9 Å². The van der Waals surface area contributed by atoms with Crippen LogP contribution >= 0.6 is 0 Å². The van der Waals surface area contributed by atoms with Gasteiger partial charge in [0, 0.05) is 6.07 Å². The third-order valence-corrected chi connectivity index (χ3v) is 3.63. The van der Waals surface area contributed by atoms with E-state index in [1.165, 1.54) is 0 Å². The van der Waals surface area contributed by atoms with Crippen molar-refractivity contribution in [3.63, 3.8) is 0 Å². The predicted octanol–water partition coefficient (Wildman–Crippen LogP) is 2.54. The van der Waals surface area contributed by atoms with Crippen LogP contribution in [0.25, 0.3) is 0 Å². The fourth-order valence-electron chi connectivity index (χ4n) is 1.76. The van der Waals surface area contributed by atoms with Gasteiger partial charge in [0.15, 0.2) is 23.3 Å². The average molecular weight is 276 g/mol. The fourth-order valence-corrected chi connectivity index (χ4v) is 1.76. The molecule has 0 amide bonds. The Morgan fingerprint density at radius 2 is 1.21 bits per heavy atom. The van der Waals surface area contributed by atoms with Crippen LogP contribution in [0, 0.1) is 23.3 Å². The highest BCUT2D eigenvalue weighted by Gasteiger charge is 2.53. The van der Waals surface area contributed by atoms with Gasteiger partial charge in [0.2, 0.25) is 0 Å². The Hall–Kier alpha value is -1.08. The number of rotatable bonds is 1. The minimum atomic E-state index is -1.50. The lowest BCUT2D eigenvalue weighted by atomic mass is 9.78. The second-order valence-electron chi connectivity index (χ2n) is 5.47. The Bertz CT molecular complexity index is 489. The molecule has 2 rings (SSSR count). The maximum absolute atomic E-state index is 13.7. The van der Waals surface area contributed by atoms with Gasteiger partial charge in [0.25, 0.3) is 0 Å². The molecule has 7 heteroatoms. The summed E-state index contributed by atoms with van der Waals surface area (Å²) in [4.78, 5) is 0. The normalized spacial score (nSPS) is 20.9. The molecular formula is C12H13BF4O2. The molecule has 1 fully saturated rings. The summed E-state index contributed by atoms with van der Waals surface area (Å²) < 4.78 is 64.4. The van der Waals surface area contributed by atoms with Gasteiger partial charge in [-0.1, -0.05) is 0 Å². The Balaban J connectivity index is 2.51. The van der Waals surface area contributed by atoms with Crippen molar-refractivity contribution in [1.82, 2.24) is 0 Å². The monoisotopic (exact) mass is 276 g/mol. The molecule has 1 aromatic rings. The van der Waals surface area contributed by atoms with Crippen molar-refractivity contribution in [2.45, 2.75) is 38.9 Å². The first-order valence-corrected chi connectivity index (χ1v) is 5.75. The molecule has 0 atom stereocenters. The van der Waals surface area contributed by atoms with E-state index in [4.69, 9.17) is 9.31 Å². The van der Waals surface area contributed by atoms with E-state index in [-0.39, 0.29) is 6.07 Å². The lowest BCUT2D eigenvalue weighted by Gasteiger charge is -2.32. The van der Waals surface area contributed by atoms with Gasteiger partial charge in [-0.15, -0.1) is 0 Å². The molecule has 0 saturated carbocycles. The van der Waals surface area contributed by atoms with Gasteiger partial charge in [-0.25, -0.2) is 17.6 Å². The zero-order valence-electron chi connectivity index (χ0n) is 11.0. The maximum atomic E-state index is 13.7. The summed E-state index contributed by atoms with van der Waals surface area (Å²) in [6, 6.07) is 0.152. The third kappa shape index (κ3) is 2.14. The summed E-state index contributed by atoms with van der Waals surface area (Å²) in [6.07, 6.45) is 0. The lowest BCUT2D eigenvalue weighted by Crippen LogP contribution is -2.41. The van der Waals surface area contributed by atoms with Crippen LogP contribution in [0.5, 0.6) is 0 Å². The van der Waals surface area contributed by atoms with E-state index < -0.39 is 47.1 Å². The first-order valence-electron chi connectivity index (χ1n) is 5.75. The average Bonchev–Trinajstić information content (AvgIpc) is 2.45. The van der Waals surface area contributed by atoms with Gasteiger partial charge in [0.1, 0.15) is 0 Å². The largest absolute Gasteiger partial charge is 0.501 e. The molecule has 1 aliphatic heterocycles. The second-order valence-corrected chi connectivity index (χ2v) is 5.47. The summed E-state index contributed by atoms with van der Waals surface area (Å²) in [5, 5.41) is 0. The highest BCUT2D eigenvalue weighted by atomic mass is 19.2. The van der Waals surface area contributed by atoms with Crippen LogP contribution in [0.3, 0.4) is 0 Å². The second kappa shape index (κ2) is 4.21. The van der Waals surface area contributed by atoms with Crippen LogP contribution in [0.2, 0.25) is 0 Å². The van der Waals surface area contributed by atoms with Crippen molar-refractivity contribution in [2.75, 3.05) is 0 Å². The summed E-state index contributed by atoms with van der Waals surface area (Å²) in [5.41, 5.74) is -2.60. The quantitative estimate of drug-likeness (QED) is 0.446. The molecule has 0 N–H and O–H groups in total. The van der Waals surface area contributed by atoms with Crippen LogP contribution in [-0.4, -0.2) is 18.3 Å². The standard InChI is InChI=1S/C12H13BF4O2/c1-11(2)12(3,4)19-13(18-11)8-9(16)6(14)5-7(15)10(8)17/h5H,1-4H3. The van der Waals surface area contributed by atoms with E-state index in [0.717, 1.165) is 0 Å². The summed E-state index contributed by atoms with van der Waals surface area (Å²) in [6.45, 7) is 6.66. The molecule has 0 bridgehead atoms. The number of hydrogen-bond donors (Lipinski definition) is 0. The molecule has 0 spiro atoms. The van der Waals surface area contributed by atoms with Crippen molar-refractivity contribution in [1.29, 1.82) is 0 Å². The fraction of sp³-hybridized carbons (Fsp3) is 0.500. The molecule has 1 heterocycles. The molecule has 0 aromatic heterocycles. The van der Waals surface area contributed by atoms with Crippen LogP contribution < -0.4 is 5.46 Å². The van der Waals surface area contributed by atoms with Gasteiger partial charge in [-0.05, 0) is 27.7 Å². The molecule has 1 aliphatic rings. The van der Waals surface area contributed by atoms with E-state index in [0.29, 0.717) is 0 Å². The smallest absolute Gasteiger partial charge is 0.399 e. The molecule has 0 radical (unpaired) electrons. The van der Waals surface area contributed by atoms with Crippen molar-refractivity contribution >= 4 is 12.6 Å². The van der Waals surface area contributed by atoms with Crippen molar-refractivity contribution in [3.8, 4) is 0 Å². The highest BCUT2D eigenvalue weighted by molar-refractivity contribution is 6.62. The van der Waals surface area contributed by atoms with E-state index in [9.17, 15) is 17.6 Å². The minimum Gasteiger partial charge on any atom is -0.399 e. The van der Waals surface area contributed by atoms with E-state index >= 15 is 0 Å². The SMILES string of the molecule is CC1(C)OB(c2c(F)c(F)cc(F)c2F)OC1(C)C. The van der Waals surface area contributed by atoms with Gasteiger partial charge in [-0.2, -0.15) is 0 Å². The lowest BCUT2D eigenvalue weighted by molar-refractivity contribution is 0.00578. The Labute approximate surface area is 108 Å². The Morgan fingerprint density at radius 1 is 0.842 bits per heavy atom. The molecule has 19 heavy (non-hydrogen) atoms. The summed E-state index contributed by atoms with van der Waals surface area (Å²) >= 11 is 0. The maximum Gasteiger partial charge on any atom is 0.501 e. The first-order chi connectivity index (χ1) is 8.57. The summed E-state index contributed by atoms with van der Waals surface area (Å²) in [7, 11) is -1.49. The van der Waals surface area contributed by atoms with Gasteiger partial charge >= 0.3 is 7.12 Å². The van der Waals surface area contributed by atoms with Gasteiger partial charge < -0.3 is 9.31 Å². The molecule has 0 aliphatic carbocycles. The molecule has 1 aromatic carbocycles. The third-order valence-electron chi connectivity index (χ3n) is 3.63. The predicted molar refractivity (Wildman–Crippen MR) is 62.0 cm³/mol. The van der Waals surface area contributed by atoms with Crippen LogP contribution in [0.1, 0.15) is 27.7 Å². The molecular weight excluding hydrogens is 263 g/mol. The van der Waals surface area contributed by atoms with Crippen LogP contribution in [0.15, 0.2) is 6.07 Å². The molecule has 2 nitrogen and oxygen atoms in total. The topological polar surface area (TPSA) is 18.5 Å². The number of hydrogen-bond acceptors (Lipinski definition) is 2. The first kappa shape index (κ1) is 14.3. The highest BCUT2D eigenvalue weighted by Crippen LogP contribution is 2.37. The van der Waals surface area contributed by atoms with E-state index in [1.54, 1.807) is 27.7 Å². The zero-order valence-corrected chi connectivity index (χ0v) is 11.0. The minimum absolute atomic E-state index is 0.152. The Kier molecular flexibility index (Phi) is 3.18. The van der Waals surface area contributed by atoms with E-state index in [1.807, 2.05) is 0 Å². The number of halogens is 4. The number of benzene rings is 1. The van der Waals surface area contributed by atoms with Crippen LogP contribution in [0.4, 0.5) is 17.6 Å². The molecule has 104 valence electrons. The van der Waals surface area contributed by atoms with Gasteiger partial charge in [-0.3, -0.25) is 0 Å². The van der Waals surface area contributed by atoms with Crippen LogP contribution in [-0.2, 0) is 9.31 Å². The molecule has 1 saturated heterocycles. The Morgan fingerprint density at radius 3 is 1.58 bits per heavy atom. The zero-order chi connectivity index (χ0) is 14.6. The van der Waals surface area contributed by atoms with Crippen molar-refractivity contribution in [3.05, 3.63) is 29.3 Å². The molecule has 0 unspecified atom stereocenters. The van der Waals surface area contributed by atoms with Gasteiger partial charge in [0.05, 0.1) is 16.7 Å². The summed E-state index contributed by atoms with van der Waals surface area (Å²) in [5.74, 6) is -5.97. The van der Waals surface area contributed by atoms with Crippen molar-refractivity contribution in [2.24, 2.45) is 0 Å². The van der Waals surface area contributed by atoms with E-state index in [2.05, 4.69) is 0 Å².